The van der Waals surface area contributed by atoms with E-state index in [9.17, 15) is 0 Å². The molecule has 0 heterocycles. The molecule has 1 nitrogen and oxygen atoms in total. The lowest BCUT2D eigenvalue weighted by atomic mass is 9.93. The minimum atomic E-state index is 0.590. The van der Waals surface area contributed by atoms with Crippen LogP contribution in [0.5, 0.6) is 0 Å². The van der Waals surface area contributed by atoms with Gasteiger partial charge in [0.25, 0.3) is 0 Å². The van der Waals surface area contributed by atoms with Gasteiger partial charge in [-0.05, 0) is 48.1 Å². The van der Waals surface area contributed by atoms with Gasteiger partial charge in [-0.3, -0.25) is 0 Å². The molecule has 1 heteroatoms. The summed E-state index contributed by atoms with van der Waals surface area (Å²) in [5.74, 6) is 0.590. The zero-order chi connectivity index (χ0) is 13.7. The van der Waals surface area contributed by atoms with Gasteiger partial charge in [0.2, 0.25) is 0 Å². The Hall–Kier alpha value is -1.60. The van der Waals surface area contributed by atoms with Gasteiger partial charge in [-0.25, -0.2) is 0 Å². The zero-order valence-corrected chi connectivity index (χ0v) is 11.9. The van der Waals surface area contributed by atoms with Gasteiger partial charge in [0.1, 0.15) is 0 Å². The van der Waals surface area contributed by atoms with E-state index >= 15 is 0 Å². The van der Waals surface area contributed by atoms with Crippen molar-refractivity contribution in [3.05, 3.63) is 59.7 Å². The Labute approximate surface area is 116 Å². The molecule has 0 bridgehead atoms. The quantitative estimate of drug-likeness (QED) is 0.849. The molecule has 19 heavy (non-hydrogen) atoms. The van der Waals surface area contributed by atoms with Crippen LogP contribution in [0.15, 0.2) is 48.5 Å². The van der Waals surface area contributed by atoms with Crippen molar-refractivity contribution < 1.29 is 0 Å². The van der Waals surface area contributed by atoms with E-state index in [1.54, 1.807) is 0 Å². The van der Waals surface area contributed by atoms with Gasteiger partial charge >= 0.3 is 0 Å². The molecule has 2 aromatic rings. The van der Waals surface area contributed by atoms with Crippen molar-refractivity contribution in [2.75, 3.05) is 6.54 Å². The molecule has 2 aromatic carbocycles. The highest BCUT2D eigenvalue weighted by atomic mass is 14.5. The first-order valence-corrected chi connectivity index (χ1v) is 7.09. The molecule has 0 amide bonds. The van der Waals surface area contributed by atoms with Crippen molar-refractivity contribution in [3.8, 4) is 11.1 Å². The summed E-state index contributed by atoms with van der Waals surface area (Å²) in [5.41, 5.74) is 11.1. The largest absolute Gasteiger partial charge is 0.330 e. The Kier molecular flexibility index (Phi) is 4.75. The van der Waals surface area contributed by atoms with Crippen LogP contribution in [0.3, 0.4) is 0 Å². The molecule has 100 valence electrons. The predicted molar refractivity (Wildman–Crippen MR) is 83.2 cm³/mol. The van der Waals surface area contributed by atoms with E-state index in [0.29, 0.717) is 5.92 Å². The van der Waals surface area contributed by atoms with Crippen molar-refractivity contribution in [2.45, 2.75) is 26.7 Å². The number of hydrogen-bond donors (Lipinski definition) is 1. The van der Waals surface area contributed by atoms with Crippen LogP contribution in [0.25, 0.3) is 11.1 Å². The number of aryl methyl sites for hydroxylation is 1. The van der Waals surface area contributed by atoms with Crippen LogP contribution in [-0.2, 0) is 6.42 Å². The standard InChI is InChI=1S/C18H23N/c1-3-15(13-19)11-16-8-6-9-17(12-16)18-10-5-4-7-14(18)2/h4-10,12,15H,3,11,13,19H2,1-2H3. The third-order valence-corrected chi connectivity index (χ3v) is 3.82. The first-order valence-electron chi connectivity index (χ1n) is 7.09. The highest BCUT2D eigenvalue weighted by Gasteiger charge is 2.07. The SMILES string of the molecule is CCC(CN)Cc1cccc(-c2ccccc2C)c1. The van der Waals surface area contributed by atoms with Gasteiger partial charge in [0.15, 0.2) is 0 Å². The summed E-state index contributed by atoms with van der Waals surface area (Å²) in [4.78, 5) is 0. The van der Waals surface area contributed by atoms with Gasteiger partial charge in [-0.1, -0.05) is 61.9 Å². The molecule has 0 spiro atoms. The number of benzene rings is 2. The molecule has 0 aliphatic carbocycles. The summed E-state index contributed by atoms with van der Waals surface area (Å²) in [7, 11) is 0. The Balaban J connectivity index is 2.27. The maximum Gasteiger partial charge on any atom is -0.00458 e. The second-order valence-electron chi connectivity index (χ2n) is 5.23. The van der Waals surface area contributed by atoms with Crippen LogP contribution in [-0.4, -0.2) is 6.54 Å². The Morgan fingerprint density at radius 3 is 2.53 bits per heavy atom. The minimum Gasteiger partial charge on any atom is -0.330 e. The van der Waals surface area contributed by atoms with Crippen LogP contribution in [0.1, 0.15) is 24.5 Å². The molecule has 0 aliphatic heterocycles. The Morgan fingerprint density at radius 2 is 1.84 bits per heavy atom. The Bertz CT molecular complexity index is 527. The lowest BCUT2D eigenvalue weighted by Gasteiger charge is -2.13. The van der Waals surface area contributed by atoms with E-state index in [2.05, 4.69) is 62.4 Å². The topological polar surface area (TPSA) is 26.0 Å². The van der Waals surface area contributed by atoms with E-state index in [1.807, 2.05) is 0 Å². The summed E-state index contributed by atoms with van der Waals surface area (Å²) < 4.78 is 0. The maximum atomic E-state index is 5.80. The molecular weight excluding hydrogens is 230 g/mol. The highest BCUT2D eigenvalue weighted by Crippen LogP contribution is 2.25. The third kappa shape index (κ3) is 3.45. The zero-order valence-electron chi connectivity index (χ0n) is 11.9. The average Bonchev–Trinajstić information content (AvgIpc) is 2.45. The number of hydrogen-bond acceptors (Lipinski definition) is 1. The molecule has 0 aromatic heterocycles. The molecule has 2 rings (SSSR count). The van der Waals surface area contributed by atoms with Crippen molar-refractivity contribution in [3.63, 3.8) is 0 Å². The van der Waals surface area contributed by atoms with Gasteiger partial charge in [0, 0.05) is 0 Å². The van der Waals surface area contributed by atoms with Crippen LogP contribution in [0, 0.1) is 12.8 Å². The molecule has 1 atom stereocenters. The molecular formula is C18H23N. The van der Waals surface area contributed by atoms with Gasteiger partial charge in [0.05, 0.1) is 0 Å². The molecule has 2 N–H and O–H groups in total. The second kappa shape index (κ2) is 6.53. The van der Waals surface area contributed by atoms with E-state index < -0.39 is 0 Å². The van der Waals surface area contributed by atoms with E-state index in [1.165, 1.54) is 22.3 Å². The first kappa shape index (κ1) is 13.8. The summed E-state index contributed by atoms with van der Waals surface area (Å²) >= 11 is 0. The number of nitrogens with two attached hydrogens (primary N) is 1. The van der Waals surface area contributed by atoms with E-state index in [-0.39, 0.29) is 0 Å². The number of rotatable bonds is 5. The molecule has 0 aliphatic rings. The third-order valence-electron chi connectivity index (χ3n) is 3.82. The summed E-state index contributed by atoms with van der Waals surface area (Å²) in [6.07, 6.45) is 2.22. The molecule has 0 radical (unpaired) electrons. The van der Waals surface area contributed by atoms with Gasteiger partial charge in [-0.2, -0.15) is 0 Å². The second-order valence-corrected chi connectivity index (χ2v) is 5.23. The average molecular weight is 253 g/mol. The lowest BCUT2D eigenvalue weighted by molar-refractivity contribution is 0.519. The normalized spacial score (nSPS) is 12.4. The van der Waals surface area contributed by atoms with Crippen LogP contribution < -0.4 is 5.73 Å². The van der Waals surface area contributed by atoms with Gasteiger partial charge in [-0.15, -0.1) is 0 Å². The van der Waals surface area contributed by atoms with Crippen LogP contribution in [0.4, 0.5) is 0 Å². The smallest absolute Gasteiger partial charge is 0.00458 e. The van der Waals surface area contributed by atoms with E-state index in [0.717, 1.165) is 19.4 Å². The maximum absolute atomic E-state index is 5.80. The summed E-state index contributed by atoms with van der Waals surface area (Å²) in [5, 5.41) is 0. The monoisotopic (exact) mass is 253 g/mol. The van der Waals surface area contributed by atoms with Gasteiger partial charge < -0.3 is 5.73 Å². The Morgan fingerprint density at radius 1 is 1.05 bits per heavy atom. The molecule has 1 unspecified atom stereocenters. The fourth-order valence-corrected chi connectivity index (χ4v) is 2.49. The van der Waals surface area contributed by atoms with Crippen molar-refractivity contribution in [1.29, 1.82) is 0 Å². The van der Waals surface area contributed by atoms with Crippen molar-refractivity contribution >= 4 is 0 Å². The van der Waals surface area contributed by atoms with Crippen LogP contribution in [0.2, 0.25) is 0 Å². The van der Waals surface area contributed by atoms with Crippen molar-refractivity contribution in [1.82, 2.24) is 0 Å². The van der Waals surface area contributed by atoms with Crippen molar-refractivity contribution in [2.24, 2.45) is 11.7 Å². The van der Waals surface area contributed by atoms with E-state index in [4.69, 9.17) is 5.73 Å². The highest BCUT2D eigenvalue weighted by molar-refractivity contribution is 5.67. The fraction of sp³-hybridized carbons (Fsp3) is 0.333. The summed E-state index contributed by atoms with van der Waals surface area (Å²) in [6, 6.07) is 17.4. The summed E-state index contributed by atoms with van der Waals surface area (Å²) in [6.45, 7) is 5.14. The fourth-order valence-electron chi connectivity index (χ4n) is 2.49. The molecule has 0 fully saturated rings. The minimum absolute atomic E-state index is 0.590. The molecule has 0 saturated heterocycles. The van der Waals surface area contributed by atoms with Crippen LogP contribution >= 0.6 is 0 Å². The molecule has 0 saturated carbocycles. The predicted octanol–water partition coefficient (Wildman–Crippen LogP) is 4.19. The first-order chi connectivity index (χ1) is 9.24. The lowest BCUT2D eigenvalue weighted by Crippen LogP contribution is -2.15.